The van der Waals surface area contributed by atoms with Gasteiger partial charge in [-0.25, -0.2) is 0 Å². The number of para-hydroxylation sites is 2. The molecule has 190 valence electrons. The first-order valence-corrected chi connectivity index (χ1v) is 14.3. The van der Waals surface area contributed by atoms with Gasteiger partial charge >= 0.3 is 0 Å². The molecule has 0 bridgehead atoms. The third-order valence-corrected chi connectivity index (χ3v) is 9.01. The first kappa shape index (κ1) is 23.1. The SMILES string of the molecule is Cc1ccc(-c2ccc(N(c3ccccc3)c3cccc4c3sc3c4ccc4oc5ccccc5c43)cc2)cc1. The Kier molecular flexibility index (Phi) is 5.26. The largest absolute Gasteiger partial charge is 0.456 e. The highest BCUT2D eigenvalue weighted by Gasteiger charge is 2.20. The zero-order valence-corrected chi connectivity index (χ0v) is 22.8. The van der Waals surface area contributed by atoms with Crippen LogP contribution in [0.25, 0.3) is 53.2 Å². The number of anilines is 3. The smallest absolute Gasteiger partial charge is 0.136 e. The molecular weight excluding hydrogens is 506 g/mol. The van der Waals surface area contributed by atoms with E-state index >= 15 is 0 Å². The van der Waals surface area contributed by atoms with Gasteiger partial charge in [-0.15, -0.1) is 11.3 Å². The summed E-state index contributed by atoms with van der Waals surface area (Å²) in [4.78, 5) is 2.38. The highest BCUT2D eigenvalue weighted by atomic mass is 32.1. The molecule has 0 saturated carbocycles. The lowest BCUT2D eigenvalue weighted by atomic mass is 10.0. The number of hydrogen-bond donors (Lipinski definition) is 0. The van der Waals surface area contributed by atoms with Crippen LogP contribution in [0.3, 0.4) is 0 Å². The van der Waals surface area contributed by atoms with Crippen molar-refractivity contribution in [1.29, 1.82) is 0 Å². The quantitative estimate of drug-likeness (QED) is 0.224. The summed E-state index contributed by atoms with van der Waals surface area (Å²) in [5.41, 5.74) is 9.02. The van der Waals surface area contributed by atoms with Crippen LogP contribution >= 0.6 is 11.3 Å². The molecule has 2 nitrogen and oxygen atoms in total. The maximum Gasteiger partial charge on any atom is 0.136 e. The molecule has 3 heteroatoms. The van der Waals surface area contributed by atoms with Crippen LogP contribution in [0, 0.1) is 6.92 Å². The maximum atomic E-state index is 6.22. The van der Waals surface area contributed by atoms with Gasteiger partial charge in [0.2, 0.25) is 0 Å². The van der Waals surface area contributed by atoms with E-state index in [1.54, 1.807) is 0 Å². The molecule has 0 spiro atoms. The number of nitrogens with zero attached hydrogens (tertiary/aromatic N) is 1. The Morgan fingerprint density at radius 1 is 0.500 bits per heavy atom. The highest BCUT2D eigenvalue weighted by molar-refractivity contribution is 7.27. The molecule has 0 saturated heterocycles. The Hall–Kier alpha value is -4.86. The topological polar surface area (TPSA) is 16.4 Å². The van der Waals surface area contributed by atoms with E-state index in [4.69, 9.17) is 4.42 Å². The van der Waals surface area contributed by atoms with Gasteiger partial charge < -0.3 is 9.32 Å². The Balaban J connectivity index is 1.35. The summed E-state index contributed by atoms with van der Waals surface area (Å²) in [5, 5.41) is 4.90. The molecule has 0 fully saturated rings. The van der Waals surface area contributed by atoms with E-state index in [1.807, 2.05) is 17.4 Å². The maximum absolute atomic E-state index is 6.22. The Morgan fingerprint density at radius 2 is 1.15 bits per heavy atom. The number of furan rings is 1. The zero-order valence-electron chi connectivity index (χ0n) is 22.0. The second-order valence-electron chi connectivity index (χ2n) is 10.3. The summed E-state index contributed by atoms with van der Waals surface area (Å²) in [6.45, 7) is 2.12. The molecule has 2 heterocycles. The van der Waals surface area contributed by atoms with E-state index in [0.29, 0.717) is 0 Å². The highest BCUT2D eigenvalue weighted by Crippen LogP contribution is 2.47. The number of hydrogen-bond acceptors (Lipinski definition) is 3. The minimum absolute atomic E-state index is 0.933. The van der Waals surface area contributed by atoms with Crippen LogP contribution in [-0.4, -0.2) is 0 Å². The van der Waals surface area contributed by atoms with Crippen molar-refractivity contribution in [3.8, 4) is 11.1 Å². The van der Waals surface area contributed by atoms with Crippen LogP contribution in [0.2, 0.25) is 0 Å². The van der Waals surface area contributed by atoms with Crippen LogP contribution in [0.15, 0.2) is 138 Å². The molecule has 0 aliphatic rings. The standard InChI is InChI=1S/C37H25NOS/c1-24-14-16-25(17-15-24)26-18-20-28(21-19-26)38(27-8-3-2-4-9-27)32-12-7-11-29-30-22-23-34-35(37(30)40-36(29)32)31-10-5-6-13-33(31)39-34/h2-23H,1H3. The molecule has 0 unspecified atom stereocenters. The molecule has 0 amide bonds. The summed E-state index contributed by atoms with van der Waals surface area (Å²) in [5.74, 6) is 0. The van der Waals surface area contributed by atoms with Crippen molar-refractivity contribution in [2.75, 3.05) is 4.90 Å². The van der Waals surface area contributed by atoms with E-state index in [1.165, 1.54) is 53.3 Å². The van der Waals surface area contributed by atoms with Crippen molar-refractivity contribution in [1.82, 2.24) is 0 Å². The Bertz CT molecular complexity index is 2150. The fraction of sp³-hybridized carbons (Fsp3) is 0.0270. The van der Waals surface area contributed by atoms with Crippen LogP contribution in [0.4, 0.5) is 17.1 Å². The summed E-state index contributed by atoms with van der Waals surface area (Å²) in [7, 11) is 0. The first-order chi connectivity index (χ1) is 19.7. The number of fused-ring (bicyclic) bond motifs is 7. The van der Waals surface area contributed by atoms with Gasteiger partial charge in [-0.05, 0) is 66.6 Å². The van der Waals surface area contributed by atoms with Crippen LogP contribution in [0.1, 0.15) is 5.56 Å². The predicted octanol–water partition coefficient (Wildman–Crippen LogP) is 11.4. The monoisotopic (exact) mass is 531 g/mol. The lowest BCUT2D eigenvalue weighted by Crippen LogP contribution is -2.09. The molecule has 0 N–H and O–H groups in total. The van der Waals surface area contributed by atoms with Crippen molar-refractivity contribution in [3.05, 3.63) is 139 Å². The van der Waals surface area contributed by atoms with Gasteiger partial charge in [0.1, 0.15) is 11.2 Å². The van der Waals surface area contributed by atoms with E-state index < -0.39 is 0 Å². The van der Waals surface area contributed by atoms with E-state index in [-0.39, 0.29) is 0 Å². The van der Waals surface area contributed by atoms with E-state index in [0.717, 1.165) is 22.5 Å². The third-order valence-electron chi connectivity index (χ3n) is 7.75. The van der Waals surface area contributed by atoms with Crippen molar-refractivity contribution < 1.29 is 4.42 Å². The molecule has 0 aliphatic carbocycles. The van der Waals surface area contributed by atoms with Gasteiger partial charge in [-0.1, -0.05) is 90.5 Å². The van der Waals surface area contributed by atoms with E-state index in [9.17, 15) is 0 Å². The van der Waals surface area contributed by atoms with Gasteiger partial charge in [0.25, 0.3) is 0 Å². The molecule has 8 aromatic rings. The molecule has 0 radical (unpaired) electrons. The number of rotatable bonds is 4. The second kappa shape index (κ2) is 9.11. The third kappa shape index (κ3) is 3.63. The number of benzene rings is 6. The first-order valence-electron chi connectivity index (χ1n) is 13.5. The van der Waals surface area contributed by atoms with Crippen molar-refractivity contribution in [2.24, 2.45) is 0 Å². The normalized spacial score (nSPS) is 11.6. The Morgan fingerprint density at radius 3 is 1.95 bits per heavy atom. The lowest BCUT2D eigenvalue weighted by Gasteiger charge is -2.26. The minimum atomic E-state index is 0.933. The summed E-state index contributed by atoms with van der Waals surface area (Å²) in [6.07, 6.45) is 0. The molecule has 0 atom stereocenters. The second-order valence-corrected chi connectivity index (χ2v) is 11.3. The lowest BCUT2D eigenvalue weighted by molar-refractivity contribution is 0.669. The van der Waals surface area contributed by atoms with Gasteiger partial charge in [0.15, 0.2) is 0 Å². The van der Waals surface area contributed by atoms with Crippen molar-refractivity contribution in [3.63, 3.8) is 0 Å². The Labute approximate surface area is 236 Å². The molecule has 8 rings (SSSR count). The fourth-order valence-electron chi connectivity index (χ4n) is 5.78. The number of thiophene rings is 1. The van der Waals surface area contributed by atoms with Crippen molar-refractivity contribution in [2.45, 2.75) is 6.92 Å². The van der Waals surface area contributed by atoms with Crippen LogP contribution in [0.5, 0.6) is 0 Å². The fourth-order valence-corrected chi connectivity index (χ4v) is 7.14. The van der Waals surface area contributed by atoms with Gasteiger partial charge in [-0.2, -0.15) is 0 Å². The summed E-state index contributed by atoms with van der Waals surface area (Å²) in [6, 6.07) is 47.6. The van der Waals surface area contributed by atoms with Crippen LogP contribution in [-0.2, 0) is 0 Å². The zero-order chi connectivity index (χ0) is 26.6. The predicted molar refractivity (Wildman–Crippen MR) is 171 cm³/mol. The molecular formula is C37H25NOS. The average Bonchev–Trinajstić information content (AvgIpc) is 3.57. The van der Waals surface area contributed by atoms with Gasteiger partial charge in [0.05, 0.1) is 10.4 Å². The van der Waals surface area contributed by atoms with Gasteiger partial charge in [-0.3, -0.25) is 0 Å². The molecule has 40 heavy (non-hydrogen) atoms. The van der Waals surface area contributed by atoms with Crippen molar-refractivity contribution >= 4 is 70.5 Å². The molecule has 6 aromatic carbocycles. The summed E-state index contributed by atoms with van der Waals surface area (Å²) >= 11 is 1.85. The van der Waals surface area contributed by atoms with Crippen LogP contribution < -0.4 is 4.90 Å². The summed E-state index contributed by atoms with van der Waals surface area (Å²) < 4.78 is 8.76. The molecule has 2 aromatic heterocycles. The molecule has 0 aliphatic heterocycles. The minimum Gasteiger partial charge on any atom is -0.456 e. The number of aryl methyl sites for hydroxylation is 1. The average molecular weight is 532 g/mol. The van der Waals surface area contributed by atoms with Gasteiger partial charge in [0, 0.05) is 37.6 Å². The van der Waals surface area contributed by atoms with E-state index in [2.05, 4.69) is 139 Å².